The number of anilines is 2. The zero-order valence-corrected chi connectivity index (χ0v) is 14.9. The minimum Gasteiger partial charge on any atom is -0.372 e. The van der Waals surface area contributed by atoms with Crippen LogP contribution in [0.4, 0.5) is 11.4 Å². The molecule has 1 aliphatic rings. The summed E-state index contributed by atoms with van der Waals surface area (Å²) in [6, 6.07) is 9.03. The lowest BCUT2D eigenvalue weighted by Crippen LogP contribution is -2.43. The summed E-state index contributed by atoms with van der Waals surface area (Å²) >= 11 is 5.47. The molecule has 1 saturated carbocycles. The molecule has 122 valence electrons. The average molecular weight is 320 g/mol. The first-order valence-electron chi connectivity index (χ1n) is 8.56. The zero-order chi connectivity index (χ0) is 15.9. The van der Waals surface area contributed by atoms with E-state index in [9.17, 15) is 0 Å². The monoisotopic (exact) mass is 319 g/mol. The fourth-order valence-corrected chi connectivity index (χ4v) is 3.48. The van der Waals surface area contributed by atoms with E-state index in [2.05, 4.69) is 60.6 Å². The van der Waals surface area contributed by atoms with Crippen molar-refractivity contribution in [3.63, 3.8) is 0 Å². The van der Waals surface area contributed by atoms with Gasteiger partial charge in [-0.15, -0.1) is 0 Å². The first-order chi connectivity index (χ1) is 10.6. The second kappa shape index (κ2) is 8.37. The number of hydrogen-bond donors (Lipinski definition) is 2. The van der Waals surface area contributed by atoms with Gasteiger partial charge in [0, 0.05) is 30.5 Å². The zero-order valence-electron chi connectivity index (χ0n) is 14.1. The van der Waals surface area contributed by atoms with E-state index >= 15 is 0 Å². The molecule has 22 heavy (non-hydrogen) atoms. The Morgan fingerprint density at radius 1 is 1.14 bits per heavy atom. The molecular weight excluding hydrogens is 290 g/mol. The Balaban J connectivity index is 1.88. The second-order valence-corrected chi connectivity index (χ2v) is 6.59. The maximum absolute atomic E-state index is 5.47. The minimum absolute atomic E-state index is 0.517. The van der Waals surface area contributed by atoms with Crippen LogP contribution in [0.3, 0.4) is 0 Å². The lowest BCUT2D eigenvalue weighted by atomic mass is 9.86. The Labute approximate surface area is 140 Å². The highest BCUT2D eigenvalue weighted by Crippen LogP contribution is 2.24. The van der Waals surface area contributed by atoms with Crippen molar-refractivity contribution < 1.29 is 0 Å². The molecule has 1 aliphatic carbocycles. The standard InChI is InChI=1S/C18H29N3S/c1-4-21(5-2)16-12-10-15(11-13-16)19-18(22)20-17-9-7-6-8-14(17)3/h10-14,17H,4-9H2,1-3H3,(H2,19,20,22)/t14-,17+/m1/s1. The Kier molecular flexibility index (Phi) is 6.49. The molecule has 0 aromatic heterocycles. The normalized spacial score (nSPS) is 21.2. The van der Waals surface area contributed by atoms with E-state index in [1.807, 2.05) is 0 Å². The molecule has 1 aromatic rings. The molecule has 2 rings (SSSR count). The van der Waals surface area contributed by atoms with Crippen molar-refractivity contribution in [2.24, 2.45) is 5.92 Å². The Morgan fingerprint density at radius 2 is 1.77 bits per heavy atom. The van der Waals surface area contributed by atoms with Crippen LogP contribution in [0.5, 0.6) is 0 Å². The Morgan fingerprint density at radius 3 is 2.36 bits per heavy atom. The molecule has 0 radical (unpaired) electrons. The van der Waals surface area contributed by atoms with Crippen molar-refractivity contribution in [2.45, 2.75) is 52.5 Å². The van der Waals surface area contributed by atoms with Crippen molar-refractivity contribution in [2.75, 3.05) is 23.3 Å². The molecule has 2 N–H and O–H groups in total. The van der Waals surface area contributed by atoms with E-state index < -0.39 is 0 Å². The molecule has 0 spiro atoms. The van der Waals surface area contributed by atoms with Gasteiger partial charge in [-0.25, -0.2) is 0 Å². The van der Waals surface area contributed by atoms with Crippen molar-refractivity contribution in [1.82, 2.24) is 5.32 Å². The highest BCUT2D eigenvalue weighted by Gasteiger charge is 2.21. The summed E-state index contributed by atoms with van der Waals surface area (Å²) in [6.45, 7) is 8.74. The number of hydrogen-bond acceptors (Lipinski definition) is 2. The van der Waals surface area contributed by atoms with Gasteiger partial charge in [0.15, 0.2) is 5.11 Å². The van der Waals surface area contributed by atoms with E-state index in [-0.39, 0.29) is 0 Å². The van der Waals surface area contributed by atoms with Gasteiger partial charge in [-0.2, -0.15) is 0 Å². The van der Waals surface area contributed by atoms with Gasteiger partial charge in [-0.05, 0) is 69.1 Å². The summed E-state index contributed by atoms with van der Waals surface area (Å²) in [5.41, 5.74) is 2.31. The lowest BCUT2D eigenvalue weighted by Gasteiger charge is -2.30. The van der Waals surface area contributed by atoms with Crippen LogP contribution in [0, 0.1) is 5.92 Å². The van der Waals surface area contributed by atoms with Gasteiger partial charge in [0.05, 0.1) is 0 Å². The predicted octanol–water partition coefficient (Wildman–Crippen LogP) is 4.40. The summed E-state index contributed by atoms with van der Waals surface area (Å²) in [4.78, 5) is 2.34. The van der Waals surface area contributed by atoms with Gasteiger partial charge in [0.25, 0.3) is 0 Å². The largest absolute Gasteiger partial charge is 0.372 e. The van der Waals surface area contributed by atoms with E-state index in [1.165, 1.54) is 31.4 Å². The van der Waals surface area contributed by atoms with Crippen molar-refractivity contribution in [3.8, 4) is 0 Å². The van der Waals surface area contributed by atoms with Crippen LogP contribution < -0.4 is 15.5 Å². The van der Waals surface area contributed by atoms with Crippen molar-refractivity contribution in [3.05, 3.63) is 24.3 Å². The molecule has 1 fully saturated rings. The highest BCUT2D eigenvalue weighted by atomic mass is 32.1. The number of thiocarbonyl (C=S) groups is 1. The second-order valence-electron chi connectivity index (χ2n) is 6.19. The number of benzene rings is 1. The van der Waals surface area contributed by atoms with E-state index in [0.29, 0.717) is 12.0 Å². The van der Waals surface area contributed by atoms with Crippen LogP contribution in [-0.2, 0) is 0 Å². The summed E-state index contributed by atoms with van der Waals surface area (Å²) in [6.07, 6.45) is 5.19. The first-order valence-corrected chi connectivity index (χ1v) is 8.97. The summed E-state index contributed by atoms with van der Waals surface area (Å²) in [7, 11) is 0. The smallest absolute Gasteiger partial charge is 0.171 e. The molecule has 0 amide bonds. The van der Waals surface area contributed by atoms with E-state index in [1.54, 1.807) is 0 Å². The molecule has 0 heterocycles. The van der Waals surface area contributed by atoms with Crippen LogP contribution in [0.15, 0.2) is 24.3 Å². The lowest BCUT2D eigenvalue weighted by molar-refractivity contribution is 0.309. The van der Waals surface area contributed by atoms with E-state index in [4.69, 9.17) is 12.2 Å². The molecule has 0 bridgehead atoms. The Bertz CT molecular complexity index is 468. The minimum atomic E-state index is 0.517. The molecule has 0 aliphatic heterocycles. The summed E-state index contributed by atoms with van der Waals surface area (Å²) < 4.78 is 0. The van der Waals surface area contributed by atoms with Gasteiger partial charge in [-0.3, -0.25) is 0 Å². The Hall–Kier alpha value is -1.29. The van der Waals surface area contributed by atoms with Crippen LogP contribution >= 0.6 is 12.2 Å². The summed E-state index contributed by atoms with van der Waals surface area (Å²) in [5, 5.41) is 7.55. The summed E-state index contributed by atoms with van der Waals surface area (Å²) in [5.74, 6) is 0.707. The van der Waals surface area contributed by atoms with Crippen LogP contribution in [0.2, 0.25) is 0 Å². The highest BCUT2D eigenvalue weighted by molar-refractivity contribution is 7.80. The maximum atomic E-state index is 5.47. The molecule has 0 unspecified atom stereocenters. The van der Waals surface area contributed by atoms with Crippen LogP contribution in [0.1, 0.15) is 46.5 Å². The SMILES string of the molecule is CCN(CC)c1ccc(NC(=S)N[C@H]2CCCC[C@H]2C)cc1. The van der Waals surface area contributed by atoms with Crippen molar-refractivity contribution >= 4 is 28.7 Å². The maximum Gasteiger partial charge on any atom is 0.171 e. The van der Waals surface area contributed by atoms with Gasteiger partial charge in [0.1, 0.15) is 0 Å². The third-order valence-corrected chi connectivity index (χ3v) is 4.90. The quantitative estimate of drug-likeness (QED) is 0.787. The molecule has 0 saturated heterocycles. The number of nitrogens with zero attached hydrogens (tertiary/aromatic N) is 1. The van der Waals surface area contributed by atoms with E-state index in [0.717, 1.165) is 23.9 Å². The number of rotatable bonds is 5. The third kappa shape index (κ3) is 4.60. The van der Waals surface area contributed by atoms with Crippen LogP contribution in [-0.4, -0.2) is 24.2 Å². The fourth-order valence-electron chi connectivity index (χ4n) is 3.21. The first kappa shape index (κ1) is 17.1. The van der Waals surface area contributed by atoms with Gasteiger partial charge in [-0.1, -0.05) is 19.8 Å². The van der Waals surface area contributed by atoms with Gasteiger partial charge in [0.2, 0.25) is 0 Å². The molecule has 1 aromatic carbocycles. The van der Waals surface area contributed by atoms with Gasteiger partial charge >= 0.3 is 0 Å². The number of nitrogens with one attached hydrogen (secondary N) is 2. The third-order valence-electron chi connectivity index (χ3n) is 4.68. The molecule has 3 nitrogen and oxygen atoms in total. The molecule has 2 atom stereocenters. The van der Waals surface area contributed by atoms with Crippen LogP contribution in [0.25, 0.3) is 0 Å². The molecule has 4 heteroatoms. The fraction of sp³-hybridized carbons (Fsp3) is 0.611. The average Bonchev–Trinajstić information content (AvgIpc) is 2.52. The predicted molar refractivity (Wildman–Crippen MR) is 101 cm³/mol. The molecular formula is C18H29N3S. The topological polar surface area (TPSA) is 27.3 Å². The van der Waals surface area contributed by atoms with Gasteiger partial charge < -0.3 is 15.5 Å². The van der Waals surface area contributed by atoms with Crippen molar-refractivity contribution in [1.29, 1.82) is 0 Å².